The maximum Gasteiger partial charge on any atom is 0.317 e. The van der Waals surface area contributed by atoms with Crippen molar-refractivity contribution in [3.8, 4) is 11.5 Å². The number of morpholine rings is 1. The fourth-order valence-corrected chi connectivity index (χ4v) is 3.74. The lowest BCUT2D eigenvalue weighted by molar-refractivity contribution is -0.0545. The van der Waals surface area contributed by atoms with Gasteiger partial charge >= 0.3 is 6.03 Å². The topological polar surface area (TPSA) is 60.0 Å². The van der Waals surface area contributed by atoms with Gasteiger partial charge < -0.3 is 24.4 Å². The van der Waals surface area contributed by atoms with E-state index in [4.69, 9.17) is 14.2 Å². The summed E-state index contributed by atoms with van der Waals surface area (Å²) >= 11 is 0. The second-order valence-corrected chi connectivity index (χ2v) is 7.33. The Morgan fingerprint density at radius 3 is 2.54 bits per heavy atom. The molecule has 2 amide bonds. The molecule has 3 rings (SSSR count). The minimum atomic E-state index is -0.0546. The number of hydrogen-bond donors (Lipinski definition) is 1. The highest BCUT2D eigenvalue weighted by Gasteiger charge is 2.25. The van der Waals surface area contributed by atoms with Crippen molar-refractivity contribution in [3.05, 3.63) is 23.8 Å². The lowest BCUT2D eigenvalue weighted by Gasteiger charge is -2.35. The Morgan fingerprint density at radius 1 is 1.19 bits per heavy atom. The summed E-state index contributed by atoms with van der Waals surface area (Å²) in [5.41, 5.74) is 1.00. The van der Waals surface area contributed by atoms with Crippen LogP contribution in [0.2, 0.25) is 0 Å². The van der Waals surface area contributed by atoms with Gasteiger partial charge in [-0.05, 0) is 57.2 Å². The van der Waals surface area contributed by atoms with Gasteiger partial charge in [0.2, 0.25) is 0 Å². The molecule has 2 fully saturated rings. The molecule has 2 unspecified atom stereocenters. The molecule has 0 bridgehead atoms. The largest absolute Gasteiger partial charge is 0.493 e. The summed E-state index contributed by atoms with van der Waals surface area (Å²) in [5.74, 6) is 1.50. The summed E-state index contributed by atoms with van der Waals surface area (Å²) in [6.45, 7) is 5.69. The van der Waals surface area contributed by atoms with Crippen molar-refractivity contribution in [2.75, 3.05) is 20.2 Å². The van der Waals surface area contributed by atoms with E-state index in [1.54, 1.807) is 7.11 Å². The van der Waals surface area contributed by atoms with Gasteiger partial charge in [0.15, 0.2) is 11.5 Å². The molecule has 26 heavy (non-hydrogen) atoms. The summed E-state index contributed by atoms with van der Waals surface area (Å²) < 4.78 is 17.2. The number of urea groups is 1. The summed E-state index contributed by atoms with van der Waals surface area (Å²) in [7, 11) is 1.65. The van der Waals surface area contributed by atoms with Crippen LogP contribution in [0.25, 0.3) is 0 Å². The molecule has 0 spiro atoms. The lowest BCUT2D eigenvalue weighted by Crippen LogP contribution is -2.51. The van der Waals surface area contributed by atoms with Gasteiger partial charge in [0.05, 0.1) is 25.4 Å². The van der Waals surface area contributed by atoms with Crippen molar-refractivity contribution in [2.45, 2.75) is 64.4 Å². The predicted octanol–water partition coefficient (Wildman–Crippen LogP) is 3.34. The molecule has 6 nitrogen and oxygen atoms in total. The van der Waals surface area contributed by atoms with Crippen LogP contribution in [-0.4, -0.2) is 49.4 Å². The van der Waals surface area contributed by atoms with Crippen molar-refractivity contribution in [3.63, 3.8) is 0 Å². The van der Waals surface area contributed by atoms with E-state index in [1.165, 1.54) is 12.8 Å². The number of methoxy groups -OCH3 is 1. The second-order valence-electron chi connectivity index (χ2n) is 7.33. The van der Waals surface area contributed by atoms with Crippen molar-refractivity contribution in [1.82, 2.24) is 10.2 Å². The molecule has 0 aromatic heterocycles. The van der Waals surface area contributed by atoms with Crippen LogP contribution in [0.4, 0.5) is 4.79 Å². The van der Waals surface area contributed by atoms with Crippen molar-refractivity contribution in [2.24, 2.45) is 0 Å². The Kier molecular flexibility index (Phi) is 6.25. The molecule has 1 heterocycles. The highest BCUT2D eigenvalue weighted by molar-refractivity contribution is 5.74. The number of carbonyl (C=O) groups is 1. The second kappa shape index (κ2) is 8.62. The fourth-order valence-electron chi connectivity index (χ4n) is 3.74. The third-order valence-electron chi connectivity index (χ3n) is 4.97. The molecule has 1 saturated carbocycles. The maximum atomic E-state index is 12.5. The highest BCUT2D eigenvalue weighted by Crippen LogP contribution is 2.32. The van der Waals surface area contributed by atoms with Gasteiger partial charge in [-0.15, -0.1) is 0 Å². The molecule has 144 valence electrons. The first-order valence-corrected chi connectivity index (χ1v) is 9.57. The van der Waals surface area contributed by atoms with E-state index in [-0.39, 0.29) is 24.3 Å². The van der Waals surface area contributed by atoms with E-state index in [9.17, 15) is 4.79 Å². The van der Waals surface area contributed by atoms with Gasteiger partial charge in [-0.3, -0.25) is 0 Å². The summed E-state index contributed by atoms with van der Waals surface area (Å²) in [6, 6.07) is 5.79. The Labute approximate surface area is 155 Å². The van der Waals surface area contributed by atoms with E-state index in [0.717, 1.165) is 29.9 Å². The van der Waals surface area contributed by atoms with Crippen molar-refractivity contribution < 1.29 is 19.0 Å². The van der Waals surface area contributed by atoms with E-state index >= 15 is 0 Å². The van der Waals surface area contributed by atoms with Crippen LogP contribution >= 0.6 is 0 Å². The zero-order valence-electron chi connectivity index (χ0n) is 16.0. The summed E-state index contributed by atoms with van der Waals surface area (Å²) in [5, 5.41) is 3.00. The minimum Gasteiger partial charge on any atom is -0.493 e. The van der Waals surface area contributed by atoms with Crippen LogP contribution in [-0.2, 0) is 11.3 Å². The van der Waals surface area contributed by atoms with Crippen LogP contribution in [0.5, 0.6) is 11.5 Å². The maximum absolute atomic E-state index is 12.5. The van der Waals surface area contributed by atoms with Crippen LogP contribution in [0, 0.1) is 0 Å². The quantitative estimate of drug-likeness (QED) is 0.873. The number of hydrogen-bond acceptors (Lipinski definition) is 4. The fraction of sp³-hybridized carbons (Fsp3) is 0.650. The van der Waals surface area contributed by atoms with Gasteiger partial charge in [0.1, 0.15) is 0 Å². The average Bonchev–Trinajstić information content (AvgIpc) is 3.12. The van der Waals surface area contributed by atoms with Gasteiger partial charge in [-0.25, -0.2) is 4.79 Å². The molecule has 1 aliphatic heterocycles. The van der Waals surface area contributed by atoms with Crippen LogP contribution in [0.3, 0.4) is 0 Å². The molecule has 0 radical (unpaired) electrons. The zero-order chi connectivity index (χ0) is 18.5. The number of nitrogens with zero attached hydrogens (tertiary/aromatic N) is 1. The smallest absolute Gasteiger partial charge is 0.317 e. The highest BCUT2D eigenvalue weighted by atomic mass is 16.5. The average molecular weight is 362 g/mol. The first kappa shape index (κ1) is 18.8. The Morgan fingerprint density at radius 2 is 1.88 bits per heavy atom. The molecule has 1 saturated heterocycles. The molecule has 1 aromatic carbocycles. The summed E-state index contributed by atoms with van der Waals surface area (Å²) in [4.78, 5) is 14.3. The molecule has 2 aliphatic rings. The number of carbonyl (C=O) groups excluding carboxylic acids is 1. The zero-order valence-corrected chi connectivity index (χ0v) is 16.0. The Hall–Kier alpha value is -1.95. The van der Waals surface area contributed by atoms with Crippen molar-refractivity contribution >= 4 is 6.03 Å². The van der Waals surface area contributed by atoms with E-state index in [1.807, 2.05) is 36.9 Å². The van der Waals surface area contributed by atoms with Gasteiger partial charge in [0, 0.05) is 19.6 Å². The molecular weight excluding hydrogens is 332 g/mol. The lowest BCUT2D eigenvalue weighted by atomic mass is 10.2. The first-order valence-electron chi connectivity index (χ1n) is 9.57. The van der Waals surface area contributed by atoms with Crippen LogP contribution in [0.1, 0.15) is 45.1 Å². The van der Waals surface area contributed by atoms with Gasteiger partial charge in [0.25, 0.3) is 0 Å². The predicted molar refractivity (Wildman–Crippen MR) is 99.7 cm³/mol. The Balaban J connectivity index is 1.59. The van der Waals surface area contributed by atoms with Gasteiger partial charge in [-0.2, -0.15) is 0 Å². The number of ether oxygens (including phenoxy) is 3. The van der Waals surface area contributed by atoms with E-state index < -0.39 is 0 Å². The van der Waals surface area contributed by atoms with Crippen molar-refractivity contribution in [1.29, 1.82) is 0 Å². The number of amides is 2. The first-order chi connectivity index (χ1) is 12.5. The molecular formula is C20H30N2O4. The molecule has 1 aliphatic carbocycles. The molecule has 2 atom stereocenters. The Bertz CT molecular complexity index is 606. The normalized spacial score (nSPS) is 23.7. The monoisotopic (exact) mass is 362 g/mol. The molecule has 6 heteroatoms. The minimum absolute atomic E-state index is 0.0546. The van der Waals surface area contributed by atoms with Crippen LogP contribution in [0.15, 0.2) is 18.2 Å². The molecule has 1 N–H and O–H groups in total. The molecule has 1 aromatic rings. The third-order valence-corrected chi connectivity index (χ3v) is 4.97. The van der Waals surface area contributed by atoms with E-state index in [2.05, 4.69) is 5.32 Å². The number of benzene rings is 1. The summed E-state index contributed by atoms with van der Waals surface area (Å²) in [6.07, 6.45) is 5.03. The van der Waals surface area contributed by atoms with Crippen LogP contribution < -0.4 is 14.8 Å². The number of rotatable bonds is 5. The van der Waals surface area contributed by atoms with Gasteiger partial charge in [-0.1, -0.05) is 6.07 Å². The number of nitrogens with one attached hydrogen (secondary N) is 1. The third kappa shape index (κ3) is 4.81. The standard InChI is InChI=1S/C20H30N2O4/c1-14-12-22(13-15(2)25-14)20(23)21-11-16-8-9-18(24-3)19(10-16)26-17-6-4-5-7-17/h8-10,14-15,17H,4-7,11-13H2,1-3H3,(H,21,23). The van der Waals surface area contributed by atoms with E-state index in [0.29, 0.717) is 19.6 Å². The SMILES string of the molecule is COc1ccc(CNC(=O)N2CC(C)OC(C)C2)cc1OC1CCCC1.